The van der Waals surface area contributed by atoms with Gasteiger partial charge in [0, 0.05) is 14.9 Å². The summed E-state index contributed by atoms with van der Waals surface area (Å²) in [4.78, 5) is 11.0. The van der Waals surface area contributed by atoms with Crippen LogP contribution in [0.15, 0.2) is 48.5 Å². The summed E-state index contributed by atoms with van der Waals surface area (Å²) >= 11 is 0. The van der Waals surface area contributed by atoms with E-state index >= 15 is 0 Å². The highest BCUT2D eigenvalue weighted by Crippen LogP contribution is 2.22. The number of benzene rings is 2. The molecule has 0 bridgehead atoms. The molecule has 1 N–H and O–H groups in total. The third kappa shape index (κ3) is 6.68. The predicted octanol–water partition coefficient (Wildman–Crippen LogP) is 5.46. The van der Waals surface area contributed by atoms with Crippen LogP contribution in [0.3, 0.4) is 0 Å². The second kappa shape index (κ2) is 9.83. The molecule has 2 aromatic carbocycles. The van der Waals surface area contributed by atoms with Crippen molar-refractivity contribution in [3.05, 3.63) is 59.7 Å². The first-order valence-corrected chi connectivity index (χ1v) is 8.47. The van der Waals surface area contributed by atoms with E-state index in [0.29, 0.717) is 12.5 Å². The Labute approximate surface area is 142 Å². The Morgan fingerprint density at radius 2 is 1.65 bits per heavy atom. The van der Waals surface area contributed by atoms with Crippen LogP contribution in [0.2, 0.25) is 0 Å². The maximum Gasteiger partial charge on any atom is 0.217 e. The zero-order valence-corrected chi connectivity index (χ0v) is 15.0. The summed E-state index contributed by atoms with van der Waals surface area (Å²) in [5.41, 5.74) is 4.90. The van der Waals surface area contributed by atoms with E-state index in [4.69, 9.17) is 0 Å². The first-order chi connectivity index (χ1) is 11.0. The lowest BCUT2D eigenvalue weighted by Gasteiger charge is -2.08. The van der Waals surface area contributed by atoms with E-state index in [1.165, 1.54) is 23.6 Å². The van der Waals surface area contributed by atoms with Crippen LogP contribution in [-0.2, 0) is 17.8 Å². The van der Waals surface area contributed by atoms with Gasteiger partial charge < -0.3 is 5.32 Å². The van der Waals surface area contributed by atoms with Gasteiger partial charge in [0.15, 0.2) is 0 Å². The average molecular weight is 313 g/mol. The van der Waals surface area contributed by atoms with Crippen molar-refractivity contribution in [1.82, 2.24) is 5.32 Å². The Balaban J connectivity index is 0.00000170. The molecule has 0 spiro atoms. The van der Waals surface area contributed by atoms with Crippen LogP contribution in [0, 0.1) is 5.92 Å². The van der Waals surface area contributed by atoms with Crippen LogP contribution in [0.25, 0.3) is 11.1 Å². The van der Waals surface area contributed by atoms with Gasteiger partial charge in [-0.2, -0.15) is 0 Å². The molecule has 0 atom stereocenters. The van der Waals surface area contributed by atoms with Gasteiger partial charge in [-0.25, -0.2) is 0 Å². The maximum absolute atomic E-state index is 11.0. The molecule has 126 valence electrons. The zero-order chi connectivity index (χ0) is 17.2. The smallest absolute Gasteiger partial charge is 0.217 e. The van der Waals surface area contributed by atoms with Crippen molar-refractivity contribution in [2.45, 2.75) is 47.6 Å². The highest BCUT2D eigenvalue weighted by atomic mass is 16.1. The molecule has 0 aliphatic rings. The van der Waals surface area contributed by atoms with Gasteiger partial charge >= 0.3 is 0 Å². The van der Waals surface area contributed by atoms with Crippen molar-refractivity contribution in [1.29, 1.82) is 0 Å². The van der Waals surface area contributed by atoms with Crippen molar-refractivity contribution in [3.63, 3.8) is 0 Å². The molecule has 0 aliphatic heterocycles. The second-order valence-corrected chi connectivity index (χ2v) is 5.91. The fourth-order valence-electron chi connectivity index (χ4n) is 2.39. The monoisotopic (exact) mass is 313 g/mol. The van der Waals surface area contributed by atoms with Gasteiger partial charge in [0.2, 0.25) is 5.91 Å². The van der Waals surface area contributed by atoms with E-state index in [2.05, 4.69) is 55.6 Å². The van der Waals surface area contributed by atoms with E-state index in [1.807, 2.05) is 26.0 Å². The van der Waals surface area contributed by atoms with Gasteiger partial charge in [0.25, 0.3) is 0 Å². The number of amides is 1. The minimum atomic E-state index is -0.00144. The quantitative estimate of drug-likeness (QED) is 0.780. The number of rotatable bonds is 5. The van der Waals surface area contributed by atoms with Gasteiger partial charge in [-0.3, -0.25) is 4.79 Å². The first-order valence-electron chi connectivity index (χ1n) is 8.47. The lowest BCUT2D eigenvalue weighted by Crippen LogP contribution is -2.18. The summed E-state index contributed by atoms with van der Waals surface area (Å²) in [5.74, 6) is 0.676. The van der Waals surface area contributed by atoms with Crippen molar-refractivity contribution >= 4 is 5.91 Å². The van der Waals surface area contributed by atoms with Crippen LogP contribution in [0.4, 0.5) is 0 Å². The van der Waals surface area contributed by atoms with E-state index in [9.17, 15) is 4.79 Å². The Morgan fingerprint density at radius 1 is 1.00 bits per heavy atom. The van der Waals surface area contributed by atoms with E-state index in [1.54, 1.807) is 0 Å². The van der Waals surface area contributed by atoms with Crippen LogP contribution in [-0.4, -0.2) is 5.91 Å². The molecule has 0 unspecified atom stereocenters. The molecule has 23 heavy (non-hydrogen) atoms. The predicted molar refractivity (Wildman–Crippen MR) is 101 cm³/mol. The molecule has 0 aromatic heterocycles. The van der Waals surface area contributed by atoms with Crippen LogP contribution < -0.4 is 5.32 Å². The number of hydrogen-bond donors (Lipinski definition) is 1. The third-order valence-electron chi connectivity index (χ3n) is 3.40. The number of nitrogens with one attached hydrogen (secondary N) is 1. The Hall–Kier alpha value is -2.09. The van der Waals surface area contributed by atoms with Crippen molar-refractivity contribution < 1.29 is 6.22 Å². The van der Waals surface area contributed by atoms with Crippen LogP contribution >= 0.6 is 0 Å². The summed E-state index contributed by atoms with van der Waals surface area (Å²) in [6.45, 7) is 10.6. The summed E-state index contributed by atoms with van der Waals surface area (Å²) < 4.78 is 0. The summed E-state index contributed by atoms with van der Waals surface area (Å²) in [6.07, 6.45) is 1.11. The molecule has 0 fully saturated rings. The first kappa shape index (κ1) is 19.0. The molecule has 2 nitrogen and oxygen atoms in total. The number of hydrogen-bond acceptors (Lipinski definition) is 1. The van der Waals surface area contributed by atoms with Crippen LogP contribution in [0.1, 0.15) is 47.2 Å². The molecule has 0 saturated carbocycles. The lowest BCUT2D eigenvalue weighted by molar-refractivity contribution is -0.119. The van der Waals surface area contributed by atoms with Crippen molar-refractivity contribution in [2.75, 3.05) is 0 Å². The maximum atomic E-state index is 11.0. The number of carbonyl (C=O) groups is 1. The summed E-state index contributed by atoms with van der Waals surface area (Å²) in [6, 6.07) is 17.1. The molecule has 1 amide bonds. The molecule has 0 saturated heterocycles. The van der Waals surface area contributed by atoms with Crippen LogP contribution in [0.5, 0.6) is 0 Å². The Morgan fingerprint density at radius 3 is 2.22 bits per heavy atom. The topological polar surface area (TPSA) is 29.1 Å². The minimum absolute atomic E-state index is 0. The molecular formula is C21H31NO. The average Bonchev–Trinajstić information content (AvgIpc) is 2.55. The highest BCUT2D eigenvalue weighted by molar-refractivity contribution is 5.73. The Bertz CT molecular complexity index is 605. The van der Waals surface area contributed by atoms with Crippen molar-refractivity contribution in [3.8, 4) is 11.1 Å². The summed E-state index contributed by atoms with van der Waals surface area (Å²) in [5, 5.41) is 2.83. The largest absolute Gasteiger partial charge is 0.352 e. The second-order valence-electron chi connectivity index (χ2n) is 5.91. The van der Waals surface area contributed by atoms with Gasteiger partial charge in [-0.1, -0.05) is 70.2 Å². The highest BCUT2D eigenvalue weighted by Gasteiger charge is 2.02. The molecule has 2 aromatic rings. The van der Waals surface area contributed by atoms with Gasteiger partial charge in [0.05, 0.1) is 0 Å². The minimum Gasteiger partial charge on any atom is -0.352 e. The standard InChI is InChI=1S/C19H23NO.C2H6.H2/c1-14(2)11-16-7-9-18(10-8-16)19-6-4-5-17(12-19)13-20-15(3)21;1-2;/h4-10,12,14H,11,13H2,1-3H3,(H,20,21);1-2H3;1H. The fourth-order valence-corrected chi connectivity index (χ4v) is 2.39. The SMILES string of the molecule is CC.CC(=O)NCc1cccc(-c2ccc(CC(C)C)cc2)c1.[HH]. The molecule has 0 heterocycles. The van der Waals surface area contributed by atoms with E-state index in [-0.39, 0.29) is 7.33 Å². The van der Waals surface area contributed by atoms with Crippen molar-refractivity contribution in [2.24, 2.45) is 5.92 Å². The number of carbonyl (C=O) groups excluding carboxylic acids is 1. The molecule has 0 aliphatic carbocycles. The normalized spacial score (nSPS) is 10.0. The summed E-state index contributed by atoms with van der Waals surface area (Å²) in [7, 11) is 0. The van der Waals surface area contributed by atoms with Gasteiger partial charge in [-0.05, 0) is 40.7 Å². The zero-order valence-electron chi connectivity index (χ0n) is 15.0. The fraction of sp³-hybridized carbons (Fsp3) is 0.381. The van der Waals surface area contributed by atoms with E-state index in [0.717, 1.165) is 12.0 Å². The third-order valence-corrected chi connectivity index (χ3v) is 3.40. The molecule has 0 radical (unpaired) electrons. The van der Waals surface area contributed by atoms with E-state index < -0.39 is 0 Å². The molecular weight excluding hydrogens is 282 g/mol. The molecule has 2 heteroatoms. The Kier molecular flexibility index (Phi) is 8.10. The van der Waals surface area contributed by atoms with Gasteiger partial charge in [0.1, 0.15) is 0 Å². The molecule has 2 rings (SSSR count). The lowest BCUT2D eigenvalue weighted by atomic mass is 9.98. The van der Waals surface area contributed by atoms with Gasteiger partial charge in [-0.15, -0.1) is 0 Å².